The molecular formula is C20H21N3O2. The quantitative estimate of drug-likeness (QED) is 0.751. The molecule has 0 aliphatic carbocycles. The molecule has 25 heavy (non-hydrogen) atoms. The van der Waals surface area contributed by atoms with Crippen molar-refractivity contribution in [3.8, 4) is 11.5 Å². The van der Waals surface area contributed by atoms with E-state index in [-0.39, 0.29) is 12.3 Å². The number of hydrogen-bond donors (Lipinski definition) is 1. The molecule has 128 valence electrons. The molecule has 1 heterocycles. The average Bonchev–Trinajstić information content (AvgIpc) is 3.04. The lowest BCUT2D eigenvalue weighted by molar-refractivity contribution is -0.120. The number of amides is 1. The number of carbonyl (C=O) groups excluding carboxylic acids is 1. The first-order valence-corrected chi connectivity index (χ1v) is 8.32. The van der Waals surface area contributed by atoms with Gasteiger partial charge in [-0.2, -0.15) is 0 Å². The Labute approximate surface area is 147 Å². The third kappa shape index (κ3) is 4.76. The number of aryl methyl sites for hydroxylation is 2. The van der Waals surface area contributed by atoms with Gasteiger partial charge in [-0.05, 0) is 38.0 Å². The zero-order valence-corrected chi connectivity index (χ0v) is 14.5. The Morgan fingerprint density at radius 2 is 1.84 bits per heavy atom. The predicted molar refractivity (Wildman–Crippen MR) is 96.1 cm³/mol. The molecule has 0 fully saturated rings. The summed E-state index contributed by atoms with van der Waals surface area (Å²) in [7, 11) is 0. The van der Waals surface area contributed by atoms with Gasteiger partial charge < -0.3 is 9.73 Å². The molecule has 0 unspecified atom stereocenters. The van der Waals surface area contributed by atoms with Crippen LogP contribution in [-0.4, -0.2) is 22.6 Å². The Hall–Kier alpha value is -2.95. The molecule has 3 aromatic rings. The largest absolute Gasteiger partial charge is 0.420 e. The molecule has 0 aliphatic rings. The maximum atomic E-state index is 12.0. The minimum absolute atomic E-state index is 0.0900. The fraction of sp³-hybridized carbons (Fsp3) is 0.250. The van der Waals surface area contributed by atoms with E-state index in [1.807, 2.05) is 37.3 Å². The van der Waals surface area contributed by atoms with Crippen LogP contribution in [0.15, 0.2) is 52.9 Å². The maximum absolute atomic E-state index is 12.0. The number of nitrogens with zero attached hydrogens (tertiary/aromatic N) is 2. The second kappa shape index (κ2) is 7.75. The van der Waals surface area contributed by atoms with Gasteiger partial charge in [0.15, 0.2) is 0 Å². The van der Waals surface area contributed by atoms with Crippen molar-refractivity contribution in [3.05, 3.63) is 71.1 Å². The lowest BCUT2D eigenvalue weighted by Crippen LogP contribution is -2.27. The van der Waals surface area contributed by atoms with Crippen molar-refractivity contribution in [2.75, 3.05) is 6.54 Å². The minimum atomic E-state index is -0.119. The molecule has 0 atom stereocenters. The van der Waals surface area contributed by atoms with Gasteiger partial charge in [0.2, 0.25) is 17.7 Å². The van der Waals surface area contributed by atoms with E-state index in [2.05, 4.69) is 40.6 Å². The van der Waals surface area contributed by atoms with Crippen molar-refractivity contribution in [1.82, 2.24) is 15.5 Å². The fourth-order valence-electron chi connectivity index (χ4n) is 2.55. The maximum Gasteiger partial charge on any atom is 0.247 e. The summed E-state index contributed by atoms with van der Waals surface area (Å²) >= 11 is 0. The van der Waals surface area contributed by atoms with E-state index >= 15 is 0 Å². The summed E-state index contributed by atoms with van der Waals surface area (Å²) in [4.78, 5) is 12.0. The first-order valence-electron chi connectivity index (χ1n) is 8.32. The molecule has 3 rings (SSSR count). The van der Waals surface area contributed by atoms with Gasteiger partial charge >= 0.3 is 0 Å². The van der Waals surface area contributed by atoms with E-state index < -0.39 is 0 Å². The van der Waals surface area contributed by atoms with Gasteiger partial charge in [0.05, 0.1) is 0 Å². The monoisotopic (exact) mass is 335 g/mol. The Kier molecular flexibility index (Phi) is 5.23. The molecule has 0 radical (unpaired) electrons. The molecule has 0 saturated heterocycles. The average molecular weight is 335 g/mol. The van der Waals surface area contributed by atoms with Crippen LogP contribution in [0.4, 0.5) is 0 Å². The highest BCUT2D eigenvalue weighted by Crippen LogP contribution is 2.18. The lowest BCUT2D eigenvalue weighted by Gasteiger charge is -2.04. The number of carbonyl (C=O) groups is 1. The summed E-state index contributed by atoms with van der Waals surface area (Å²) in [5, 5.41) is 10.9. The third-order valence-electron chi connectivity index (χ3n) is 3.90. The Morgan fingerprint density at radius 1 is 1.04 bits per heavy atom. The van der Waals surface area contributed by atoms with Gasteiger partial charge in [-0.15, -0.1) is 10.2 Å². The van der Waals surface area contributed by atoms with Gasteiger partial charge in [-0.3, -0.25) is 4.79 Å². The minimum Gasteiger partial charge on any atom is -0.420 e. The van der Waals surface area contributed by atoms with E-state index in [1.54, 1.807) is 0 Å². The number of rotatable bonds is 6. The number of benzene rings is 2. The van der Waals surface area contributed by atoms with Crippen LogP contribution in [-0.2, 0) is 17.6 Å². The molecule has 0 saturated carbocycles. The summed E-state index contributed by atoms with van der Waals surface area (Å²) in [5.41, 5.74) is 4.44. The van der Waals surface area contributed by atoms with Crippen molar-refractivity contribution in [1.29, 1.82) is 0 Å². The lowest BCUT2D eigenvalue weighted by atomic mass is 10.1. The van der Waals surface area contributed by atoms with Crippen LogP contribution in [0.25, 0.3) is 11.5 Å². The van der Waals surface area contributed by atoms with Gasteiger partial charge in [0.1, 0.15) is 6.42 Å². The molecule has 0 spiro atoms. The first kappa shape index (κ1) is 16.9. The third-order valence-corrected chi connectivity index (χ3v) is 3.90. The normalized spacial score (nSPS) is 10.6. The molecule has 5 nitrogen and oxygen atoms in total. The topological polar surface area (TPSA) is 68.0 Å². The predicted octanol–water partition coefficient (Wildman–Crippen LogP) is 3.25. The molecule has 0 bridgehead atoms. The van der Waals surface area contributed by atoms with Crippen molar-refractivity contribution in [2.24, 2.45) is 0 Å². The van der Waals surface area contributed by atoms with Crippen LogP contribution in [0, 0.1) is 13.8 Å². The van der Waals surface area contributed by atoms with Crippen LogP contribution in [0.3, 0.4) is 0 Å². The van der Waals surface area contributed by atoms with Gasteiger partial charge in [0.25, 0.3) is 0 Å². The molecule has 1 amide bonds. The summed E-state index contributed by atoms with van der Waals surface area (Å²) in [6.45, 7) is 4.66. The van der Waals surface area contributed by atoms with Gasteiger partial charge in [-0.1, -0.05) is 47.5 Å². The Bertz CT molecular complexity index is 853. The highest BCUT2D eigenvalue weighted by molar-refractivity contribution is 5.77. The Balaban J connectivity index is 1.50. The molecule has 1 N–H and O–H groups in total. The van der Waals surface area contributed by atoms with Crippen LogP contribution in [0.2, 0.25) is 0 Å². The standard InChI is InChI=1S/C20H21N3O2/c1-14-6-8-17(9-7-14)20-23-22-19(25-20)13-18(24)21-11-10-16-5-3-4-15(2)12-16/h3-9,12H,10-11,13H2,1-2H3,(H,21,24). The van der Waals surface area contributed by atoms with Crippen LogP contribution >= 0.6 is 0 Å². The fourth-order valence-corrected chi connectivity index (χ4v) is 2.55. The van der Waals surface area contributed by atoms with Crippen molar-refractivity contribution in [3.63, 3.8) is 0 Å². The Morgan fingerprint density at radius 3 is 2.60 bits per heavy atom. The zero-order valence-electron chi connectivity index (χ0n) is 14.5. The smallest absolute Gasteiger partial charge is 0.247 e. The van der Waals surface area contributed by atoms with E-state index in [9.17, 15) is 4.79 Å². The molecule has 2 aromatic carbocycles. The van der Waals surface area contributed by atoms with Crippen LogP contribution in [0.5, 0.6) is 0 Å². The van der Waals surface area contributed by atoms with E-state index in [0.717, 1.165) is 17.5 Å². The molecule has 0 aliphatic heterocycles. The van der Waals surface area contributed by atoms with Crippen molar-refractivity contribution in [2.45, 2.75) is 26.7 Å². The molecule has 1 aromatic heterocycles. The zero-order chi connectivity index (χ0) is 17.6. The number of aromatic nitrogens is 2. The van der Waals surface area contributed by atoms with Crippen molar-refractivity contribution >= 4 is 5.91 Å². The van der Waals surface area contributed by atoms with Gasteiger partial charge in [-0.25, -0.2) is 0 Å². The molecular weight excluding hydrogens is 314 g/mol. The highest BCUT2D eigenvalue weighted by Gasteiger charge is 2.12. The summed E-state index contributed by atoms with van der Waals surface area (Å²) in [6.07, 6.45) is 0.887. The summed E-state index contributed by atoms with van der Waals surface area (Å²) < 4.78 is 5.58. The van der Waals surface area contributed by atoms with Crippen LogP contribution < -0.4 is 5.32 Å². The van der Waals surface area contributed by atoms with E-state index in [1.165, 1.54) is 11.1 Å². The van der Waals surface area contributed by atoms with Crippen molar-refractivity contribution < 1.29 is 9.21 Å². The SMILES string of the molecule is Cc1ccc(-c2nnc(CC(=O)NCCc3cccc(C)c3)o2)cc1. The second-order valence-corrected chi connectivity index (χ2v) is 6.13. The van der Waals surface area contributed by atoms with Crippen LogP contribution in [0.1, 0.15) is 22.6 Å². The summed E-state index contributed by atoms with van der Waals surface area (Å²) in [6, 6.07) is 16.1. The van der Waals surface area contributed by atoms with E-state index in [0.29, 0.717) is 18.3 Å². The van der Waals surface area contributed by atoms with Gasteiger partial charge in [0, 0.05) is 12.1 Å². The molecule has 5 heteroatoms. The summed E-state index contributed by atoms with van der Waals surface area (Å²) in [5.74, 6) is 0.637. The number of nitrogens with one attached hydrogen (secondary N) is 1. The van der Waals surface area contributed by atoms with E-state index in [4.69, 9.17) is 4.42 Å². The second-order valence-electron chi connectivity index (χ2n) is 6.13. The first-order chi connectivity index (χ1) is 12.1. The number of hydrogen-bond acceptors (Lipinski definition) is 4. The highest BCUT2D eigenvalue weighted by atomic mass is 16.4.